The van der Waals surface area contributed by atoms with Crippen LogP contribution in [0.3, 0.4) is 0 Å². The van der Waals surface area contributed by atoms with Crippen molar-refractivity contribution in [1.29, 1.82) is 5.26 Å². The normalized spacial score (nSPS) is 15.3. The lowest BCUT2D eigenvalue weighted by Crippen LogP contribution is -2.31. The van der Waals surface area contributed by atoms with Crippen LogP contribution in [0.5, 0.6) is 5.75 Å². The van der Waals surface area contributed by atoms with Gasteiger partial charge in [-0.2, -0.15) is 5.26 Å². The number of nitrogens with zero attached hydrogens (tertiary/aromatic N) is 2. The SMILES string of the molecule is CCCOc1cccc(C2C(C(=O)c3cc4cc(Br)ccc4o3)=C(O)C(=O)N2c2ccc(C#N)cc2)c1. The third-order valence-electron chi connectivity index (χ3n) is 6.08. The van der Waals surface area contributed by atoms with E-state index in [-0.39, 0.29) is 11.3 Å². The van der Waals surface area contributed by atoms with Crippen LogP contribution in [0.25, 0.3) is 11.0 Å². The number of nitriles is 1. The highest BCUT2D eigenvalue weighted by atomic mass is 79.9. The Morgan fingerprint density at radius 1 is 1.14 bits per heavy atom. The molecule has 0 saturated heterocycles. The summed E-state index contributed by atoms with van der Waals surface area (Å²) in [6.07, 6.45) is 0.816. The van der Waals surface area contributed by atoms with Crippen LogP contribution in [-0.2, 0) is 4.79 Å². The summed E-state index contributed by atoms with van der Waals surface area (Å²) in [6.45, 7) is 2.50. The van der Waals surface area contributed by atoms with Crippen molar-refractivity contribution in [3.05, 3.63) is 105 Å². The first kappa shape index (κ1) is 24.3. The van der Waals surface area contributed by atoms with Gasteiger partial charge in [-0.15, -0.1) is 0 Å². The molecule has 1 atom stereocenters. The number of hydrogen-bond acceptors (Lipinski definition) is 6. The van der Waals surface area contributed by atoms with E-state index in [9.17, 15) is 20.0 Å². The first-order valence-electron chi connectivity index (χ1n) is 11.6. The first-order valence-corrected chi connectivity index (χ1v) is 12.4. The first-order chi connectivity index (χ1) is 17.9. The van der Waals surface area contributed by atoms with E-state index >= 15 is 0 Å². The van der Waals surface area contributed by atoms with Gasteiger partial charge in [0.05, 0.1) is 29.9 Å². The Kier molecular flexibility index (Phi) is 6.55. The average molecular weight is 557 g/mol. The zero-order chi connectivity index (χ0) is 26.1. The predicted molar refractivity (Wildman–Crippen MR) is 142 cm³/mol. The van der Waals surface area contributed by atoms with Gasteiger partial charge < -0.3 is 14.3 Å². The highest BCUT2D eigenvalue weighted by Crippen LogP contribution is 2.43. The Morgan fingerprint density at radius 2 is 1.92 bits per heavy atom. The zero-order valence-electron chi connectivity index (χ0n) is 19.8. The van der Waals surface area contributed by atoms with Gasteiger partial charge in [0.15, 0.2) is 11.5 Å². The number of halogens is 1. The number of Topliss-reactive ketones (excluding diaryl/α,β-unsaturated/α-hetero) is 1. The van der Waals surface area contributed by atoms with Gasteiger partial charge >= 0.3 is 0 Å². The molecule has 1 aromatic heterocycles. The summed E-state index contributed by atoms with van der Waals surface area (Å²) in [4.78, 5) is 28.5. The van der Waals surface area contributed by atoms with E-state index in [0.717, 1.165) is 10.9 Å². The maximum Gasteiger partial charge on any atom is 0.294 e. The van der Waals surface area contributed by atoms with Crippen LogP contribution in [0.1, 0.15) is 41.1 Å². The number of aliphatic hydroxyl groups is 1. The molecular weight excluding hydrogens is 536 g/mol. The van der Waals surface area contributed by atoms with Crippen molar-refractivity contribution in [2.75, 3.05) is 11.5 Å². The van der Waals surface area contributed by atoms with Crippen molar-refractivity contribution in [1.82, 2.24) is 0 Å². The second kappa shape index (κ2) is 9.96. The fraction of sp³-hybridized carbons (Fsp3) is 0.138. The van der Waals surface area contributed by atoms with Crippen LogP contribution < -0.4 is 9.64 Å². The molecule has 1 amide bonds. The number of carbonyl (C=O) groups is 2. The molecule has 0 radical (unpaired) electrons. The van der Waals surface area contributed by atoms with E-state index in [1.165, 1.54) is 4.90 Å². The van der Waals surface area contributed by atoms with E-state index in [4.69, 9.17) is 9.15 Å². The number of rotatable bonds is 7. The Labute approximate surface area is 221 Å². The summed E-state index contributed by atoms with van der Waals surface area (Å²) >= 11 is 3.41. The second-order valence-corrected chi connectivity index (χ2v) is 9.46. The highest BCUT2D eigenvalue weighted by molar-refractivity contribution is 9.10. The third kappa shape index (κ3) is 4.50. The van der Waals surface area contributed by atoms with E-state index in [0.29, 0.717) is 40.1 Å². The van der Waals surface area contributed by atoms with Crippen molar-refractivity contribution in [3.8, 4) is 11.8 Å². The Bertz CT molecular complexity index is 1600. The minimum absolute atomic E-state index is 0.00696. The maximum atomic E-state index is 13.8. The minimum Gasteiger partial charge on any atom is -0.503 e. The molecule has 37 heavy (non-hydrogen) atoms. The number of fused-ring (bicyclic) bond motifs is 1. The molecule has 184 valence electrons. The minimum atomic E-state index is -0.946. The molecule has 0 aliphatic carbocycles. The largest absolute Gasteiger partial charge is 0.503 e. The monoisotopic (exact) mass is 556 g/mol. The molecule has 1 aliphatic rings. The summed E-state index contributed by atoms with van der Waals surface area (Å²) in [6, 6.07) is 21.5. The van der Waals surface area contributed by atoms with Gasteiger partial charge in [-0.1, -0.05) is 35.0 Å². The average Bonchev–Trinajstić information content (AvgIpc) is 3.45. The summed E-state index contributed by atoms with van der Waals surface area (Å²) < 4.78 is 12.4. The lowest BCUT2D eigenvalue weighted by atomic mass is 9.94. The number of anilines is 1. The number of carbonyl (C=O) groups excluding carboxylic acids is 2. The van der Waals surface area contributed by atoms with Gasteiger partial charge in [0, 0.05) is 15.5 Å². The van der Waals surface area contributed by atoms with E-state index in [2.05, 4.69) is 22.0 Å². The maximum absolute atomic E-state index is 13.8. The summed E-state index contributed by atoms with van der Waals surface area (Å²) in [5.74, 6) is -1.39. The summed E-state index contributed by atoms with van der Waals surface area (Å²) in [5, 5.41) is 20.9. The summed E-state index contributed by atoms with van der Waals surface area (Å²) in [7, 11) is 0. The number of furan rings is 1. The molecule has 1 aliphatic heterocycles. The second-order valence-electron chi connectivity index (χ2n) is 8.54. The quantitative estimate of drug-likeness (QED) is 0.256. The topological polar surface area (TPSA) is 104 Å². The number of ketones is 1. The Morgan fingerprint density at radius 3 is 2.65 bits per heavy atom. The third-order valence-corrected chi connectivity index (χ3v) is 6.57. The van der Waals surface area contributed by atoms with Gasteiger partial charge in [0.1, 0.15) is 11.3 Å². The van der Waals surface area contributed by atoms with Gasteiger partial charge in [0.2, 0.25) is 5.78 Å². The molecule has 4 aromatic rings. The number of ether oxygens (including phenoxy) is 1. The van der Waals surface area contributed by atoms with Gasteiger partial charge in [0.25, 0.3) is 5.91 Å². The molecule has 2 heterocycles. The molecular formula is C29H21BrN2O5. The molecule has 7 nitrogen and oxygen atoms in total. The molecule has 0 saturated carbocycles. The molecule has 0 spiro atoms. The van der Waals surface area contributed by atoms with Crippen LogP contribution in [0, 0.1) is 11.3 Å². The molecule has 5 rings (SSSR count). The lowest BCUT2D eigenvalue weighted by molar-refractivity contribution is -0.117. The van der Waals surface area contributed by atoms with Crippen molar-refractivity contribution >= 4 is 44.3 Å². The highest BCUT2D eigenvalue weighted by Gasteiger charge is 2.45. The molecule has 0 fully saturated rings. The lowest BCUT2D eigenvalue weighted by Gasteiger charge is -2.27. The van der Waals surface area contributed by atoms with E-state index in [1.807, 2.05) is 13.0 Å². The van der Waals surface area contributed by atoms with Gasteiger partial charge in [-0.25, -0.2) is 0 Å². The summed E-state index contributed by atoms with van der Waals surface area (Å²) in [5.41, 5.74) is 1.84. The molecule has 1 N–H and O–H groups in total. The number of aliphatic hydroxyl groups excluding tert-OH is 1. The molecule has 8 heteroatoms. The van der Waals surface area contributed by atoms with Crippen LogP contribution in [0.4, 0.5) is 5.69 Å². The number of hydrogen-bond donors (Lipinski definition) is 1. The molecule has 0 bridgehead atoms. The van der Waals surface area contributed by atoms with Crippen LogP contribution >= 0.6 is 15.9 Å². The van der Waals surface area contributed by atoms with Gasteiger partial charge in [-0.05, 0) is 72.6 Å². The molecule has 1 unspecified atom stereocenters. The smallest absolute Gasteiger partial charge is 0.294 e. The van der Waals surface area contributed by atoms with Crippen molar-refractivity contribution in [2.24, 2.45) is 0 Å². The Hall–Kier alpha value is -4.35. The fourth-order valence-electron chi connectivity index (χ4n) is 4.37. The van der Waals surface area contributed by atoms with Crippen LogP contribution in [0.15, 0.2) is 93.0 Å². The van der Waals surface area contributed by atoms with E-state index < -0.39 is 23.5 Å². The van der Waals surface area contributed by atoms with Gasteiger partial charge in [-0.3, -0.25) is 14.5 Å². The van der Waals surface area contributed by atoms with Crippen LogP contribution in [0.2, 0.25) is 0 Å². The predicted octanol–water partition coefficient (Wildman–Crippen LogP) is 6.64. The number of benzene rings is 3. The Balaban J connectivity index is 1.64. The van der Waals surface area contributed by atoms with Crippen molar-refractivity contribution in [2.45, 2.75) is 19.4 Å². The van der Waals surface area contributed by atoms with E-state index in [1.54, 1.807) is 66.7 Å². The zero-order valence-corrected chi connectivity index (χ0v) is 21.4. The van der Waals surface area contributed by atoms with Crippen LogP contribution in [-0.4, -0.2) is 23.4 Å². The van der Waals surface area contributed by atoms with Crippen molar-refractivity contribution < 1.29 is 23.8 Å². The number of amides is 1. The fourth-order valence-corrected chi connectivity index (χ4v) is 4.75. The molecule has 3 aromatic carbocycles. The van der Waals surface area contributed by atoms with Crippen molar-refractivity contribution in [3.63, 3.8) is 0 Å². The standard InChI is InChI=1S/C29H21BrN2O5/c1-2-12-36-22-5-3-4-18(14-22)26-25(27(33)24-15-19-13-20(30)8-11-23(19)37-24)28(34)29(35)32(26)21-9-6-17(16-31)7-10-21/h3-11,13-15,26,34H,2,12H2,1H3.